The molecule has 0 bridgehead atoms. The topological polar surface area (TPSA) is 75.7 Å². The molecule has 0 saturated carbocycles. The van der Waals surface area contributed by atoms with Crippen LogP contribution in [0.25, 0.3) is 6.08 Å². The zero-order chi connectivity index (χ0) is 25.8. The molecular weight excluding hydrogens is 747 g/mol. The van der Waals surface area contributed by atoms with Crippen molar-refractivity contribution in [2.45, 2.75) is 6.61 Å². The molecule has 184 valence electrons. The summed E-state index contributed by atoms with van der Waals surface area (Å²) in [7, 11) is 0. The van der Waals surface area contributed by atoms with Crippen LogP contribution in [0.5, 0.6) is 5.75 Å². The highest BCUT2D eigenvalue weighted by Gasteiger charge is 2.36. The first-order valence-corrected chi connectivity index (χ1v) is 14.2. The Morgan fingerprint density at radius 2 is 1.75 bits per heavy atom. The number of benzene rings is 3. The number of halogens is 4. The number of carbonyl (C=O) groups is 3. The first kappa shape index (κ1) is 27.2. The molecule has 1 N–H and O–H groups in total. The molecule has 1 fully saturated rings. The molecular formula is C25H16Br2ClIN2O4S. The molecule has 1 aliphatic rings. The number of amides is 3. The Kier molecular flexibility index (Phi) is 9.15. The SMILES string of the molecule is O=C(CN1C(=O)S/C(=C\c2cc(Br)c(OCc3ccccc3Cl)c(Br)c2)C1=O)Nc1ccc(I)cc1. The van der Waals surface area contributed by atoms with Crippen LogP contribution >= 0.6 is 77.8 Å². The molecule has 36 heavy (non-hydrogen) atoms. The van der Waals surface area contributed by atoms with Gasteiger partial charge < -0.3 is 10.1 Å². The lowest BCUT2D eigenvalue weighted by molar-refractivity contribution is -0.127. The van der Waals surface area contributed by atoms with Gasteiger partial charge in [0.2, 0.25) is 5.91 Å². The van der Waals surface area contributed by atoms with Gasteiger partial charge in [0, 0.05) is 19.8 Å². The van der Waals surface area contributed by atoms with Gasteiger partial charge in [-0.15, -0.1) is 0 Å². The number of nitrogens with zero attached hydrogens (tertiary/aromatic N) is 1. The Morgan fingerprint density at radius 1 is 1.08 bits per heavy atom. The fraction of sp³-hybridized carbons (Fsp3) is 0.0800. The lowest BCUT2D eigenvalue weighted by Gasteiger charge is -2.13. The number of rotatable bonds is 7. The van der Waals surface area contributed by atoms with Gasteiger partial charge in [0.05, 0.1) is 13.9 Å². The van der Waals surface area contributed by atoms with Crippen molar-refractivity contribution >= 4 is 107 Å². The fourth-order valence-corrected chi connectivity index (χ4v) is 6.07. The van der Waals surface area contributed by atoms with Crippen LogP contribution in [0.15, 0.2) is 74.5 Å². The molecule has 11 heteroatoms. The van der Waals surface area contributed by atoms with Gasteiger partial charge in [-0.25, -0.2) is 0 Å². The van der Waals surface area contributed by atoms with Gasteiger partial charge in [-0.1, -0.05) is 29.8 Å². The summed E-state index contributed by atoms with van der Waals surface area (Å²) in [5.41, 5.74) is 2.11. The molecule has 0 radical (unpaired) electrons. The number of imide groups is 1. The van der Waals surface area contributed by atoms with E-state index in [-0.39, 0.29) is 18.1 Å². The normalized spacial score (nSPS) is 14.4. The Labute approximate surface area is 247 Å². The van der Waals surface area contributed by atoms with Crippen molar-refractivity contribution in [3.63, 3.8) is 0 Å². The number of nitrogens with one attached hydrogen (secondary N) is 1. The molecule has 3 aromatic carbocycles. The van der Waals surface area contributed by atoms with Crippen molar-refractivity contribution in [3.8, 4) is 5.75 Å². The van der Waals surface area contributed by atoms with Crippen molar-refractivity contribution in [3.05, 3.63) is 94.2 Å². The number of hydrogen-bond acceptors (Lipinski definition) is 5. The van der Waals surface area contributed by atoms with Gasteiger partial charge >= 0.3 is 0 Å². The number of carbonyl (C=O) groups excluding carboxylic acids is 3. The van der Waals surface area contributed by atoms with Crippen LogP contribution in [0.1, 0.15) is 11.1 Å². The van der Waals surface area contributed by atoms with Gasteiger partial charge in [-0.05, 0) is 120 Å². The van der Waals surface area contributed by atoms with Crippen molar-refractivity contribution in [1.82, 2.24) is 4.90 Å². The Morgan fingerprint density at radius 3 is 2.42 bits per heavy atom. The van der Waals surface area contributed by atoms with Crippen molar-refractivity contribution in [2.24, 2.45) is 0 Å². The van der Waals surface area contributed by atoms with Crippen LogP contribution < -0.4 is 10.1 Å². The van der Waals surface area contributed by atoms with Crippen LogP contribution in [-0.4, -0.2) is 28.5 Å². The van der Waals surface area contributed by atoms with E-state index in [2.05, 4.69) is 59.8 Å². The van der Waals surface area contributed by atoms with E-state index >= 15 is 0 Å². The summed E-state index contributed by atoms with van der Waals surface area (Å²) in [6.07, 6.45) is 1.61. The average molecular weight is 763 g/mol. The summed E-state index contributed by atoms with van der Waals surface area (Å²) >= 11 is 16.2. The van der Waals surface area contributed by atoms with Crippen LogP contribution in [-0.2, 0) is 16.2 Å². The number of hydrogen-bond donors (Lipinski definition) is 1. The second kappa shape index (κ2) is 12.1. The summed E-state index contributed by atoms with van der Waals surface area (Å²) in [6, 6.07) is 18.2. The van der Waals surface area contributed by atoms with Crippen LogP contribution in [0.2, 0.25) is 5.02 Å². The second-order valence-corrected chi connectivity index (χ2v) is 11.9. The summed E-state index contributed by atoms with van der Waals surface area (Å²) in [6.45, 7) is -0.0877. The molecule has 1 heterocycles. The van der Waals surface area contributed by atoms with E-state index in [0.717, 1.165) is 25.8 Å². The van der Waals surface area contributed by atoms with Crippen LogP contribution in [0.3, 0.4) is 0 Å². The molecule has 3 aromatic rings. The van der Waals surface area contributed by atoms with E-state index in [1.807, 2.05) is 30.3 Å². The highest BCUT2D eigenvalue weighted by Crippen LogP contribution is 2.38. The van der Waals surface area contributed by atoms with Crippen molar-refractivity contribution in [2.75, 3.05) is 11.9 Å². The average Bonchev–Trinajstić information content (AvgIpc) is 3.08. The highest BCUT2D eigenvalue weighted by molar-refractivity contribution is 14.1. The van der Waals surface area contributed by atoms with E-state index in [4.69, 9.17) is 16.3 Å². The third-order valence-corrected chi connectivity index (χ3v) is 8.12. The first-order valence-electron chi connectivity index (χ1n) is 10.4. The van der Waals surface area contributed by atoms with Gasteiger partial charge in [-0.3, -0.25) is 19.3 Å². The zero-order valence-electron chi connectivity index (χ0n) is 18.3. The van der Waals surface area contributed by atoms with Gasteiger partial charge in [0.15, 0.2) is 0 Å². The van der Waals surface area contributed by atoms with E-state index in [0.29, 0.717) is 31.0 Å². The molecule has 4 rings (SSSR count). The molecule has 0 spiro atoms. The number of anilines is 1. The molecule has 1 saturated heterocycles. The largest absolute Gasteiger partial charge is 0.486 e. The first-order chi connectivity index (χ1) is 17.2. The third kappa shape index (κ3) is 6.71. The standard InChI is InChI=1S/C25H16Br2ClIN2O4S/c26-18-9-14(10-19(27)23(18)35-13-15-3-1-2-4-20(15)28)11-21-24(33)31(25(34)36-21)12-22(32)30-17-7-5-16(29)6-8-17/h1-11H,12-13H2,(H,30,32)/b21-11-. The van der Waals surface area contributed by atoms with Crippen molar-refractivity contribution < 1.29 is 19.1 Å². The van der Waals surface area contributed by atoms with E-state index < -0.39 is 17.1 Å². The maximum Gasteiger partial charge on any atom is 0.294 e. The maximum absolute atomic E-state index is 12.9. The monoisotopic (exact) mass is 760 g/mol. The molecule has 0 aliphatic carbocycles. The third-order valence-electron chi connectivity index (χ3n) is 4.95. The van der Waals surface area contributed by atoms with Gasteiger partial charge in [0.25, 0.3) is 11.1 Å². The molecule has 3 amide bonds. The Hall–Kier alpha value is -1.86. The zero-order valence-corrected chi connectivity index (χ0v) is 25.2. The molecule has 0 aromatic heterocycles. The summed E-state index contributed by atoms with van der Waals surface area (Å²) in [4.78, 5) is 38.9. The molecule has 6 nitrogen and oxygen atoms in total. The number of ether oxygens (including phenoxy) is 1. The summed E-state index contributed by atoms with van der Waals surface area (Å²) in [5, 5.41) is 2.82. The Bertz CT molecular complexity index is 1360. The highest BCUT2D eigenvalue weighted by atomic mass is 127. The van der Waals surface area contributed by atoms with Gasteiger partial charge in [0.1, 0.15) is 18.9 Å². The lowest BCUT2D eigenvalue weighted by atomic mass is 10.2. The number of thioether (sulfide) groups is 1. The van der Waals surface area contributed by atoms with E-state index in [1.54, 1.807) is 36.4 Å². The Balaban J connectivity index is 1.44. The quantitative estimate of drug-likeness (QED) is 0.197. The van der Waals surface area contributed by atoms with Crippen molar-refractivity contribution in [1.29, 1.82) is 0 Å². The minimum absolute atomic E-state index is 0.227. The maximum atomic E-state index is 12.9. The predicted octanol–water partition coefficient (Wildman–Crippen LogP) is 7.72. The van der Waals surface area contributed by atoms with Gasteiger partial charge in [-0.2, -0.15) is 0 Å². The minimum atomic E-state index is -0.519. The summed E-state index contributed by atoms with van der Waals surface area (Å²) in [5.74, 6) is -0.397. The van der Waals surface area contributed by atoms with E-state index in [1.165, 1.54) is 0 Å². The lowest BCUT2D eigenvalue weighted by Crippen LogP contribution is -2.36. The van der Waals surface area contributed by atoms with Crippen LogP contribution in [0, 0.1) is 3.57 Å². The second-order valence-electron chi connectivity index (χ2n) is 7.52. The fourth-order valence-electron chi connectivity index (χ4n) is 3.23. The summed E-state index contributed by atoms with van der Waals surface area (Å²) < 4.78 is 8.28. The molecule has 0 unspecified atom stereocenters. The smallest absolute Gasteiger partial charge is 0.294 e. The molecule has 0 atom stereocenters. The predicted molar refractivity (Wildman–Crippen MR) is 158 cm³/mol. The van der Waals surface area contributed by atoms with Crippen LogP contribution in [0.4, 0.5) is 10.5 Å². The molecule has 1 aliphatic heterocycles. The minimum Gasteiger partial charge on any atom is -0.486 e. The van der Waals surface area contributed by atoms with E-state index in [9.17, 15) is 14.4 Å².